The van der Waals surface area contributed by atoms with Crippen LogP contribution in [0, 0.1) is 0 Å². The highest BCUT2D eigenvalue weighted by molar-refractivity contribution is 9.10. The Morgan fingerprint density at radius 1 is 1.03 bits per heavy atom. The van der Waals surface area contributed by atoms with E-state index in [0.717, 1.165) is 11.1 Å². The number of benzene rings is 3. The average molecular weight is 630 g/mol. The highest BCUT2D eigenvalue weighted by Crippen LogP contribution is 2.41. The molecule has 10 heteroatoms. The molecule has 0 atom stereocenters. The lowest BCUT2D eigenvalue weighted by molar-refractivity contribution is -0.113. The zero-order valence-corrected chi connectivity index (χ0v) is 23.7. The summed E-state index contributed by atoms with van der Waals surface area (Å²) < 4.78 is 13.0. The van der Waals surface area contributed by atoms with Crippen LogP contribution in [0.15, 0.2) is 64.0 Å². The Labute approximate surface area is 236 Å². The van der Waals surface area contributed by atoms with E-state index < -0.39 is 0 Å². The summed E-state index contributed by atoms with van der Waals surface area (Å²) >= 11 is 28.4. The maximum atomic E-state index is 13.2. The minimum Gasteiger partial charge on any atom is -0.490 e. The second-order valence-electron chi connectivity index (χ2n) is 7.29. The molecule has 1 amide bonds. The van der Waals surface area contributed by atoms with Crippen molar-refractivity contribution in [2.24, 2.45) is 0 Å². The van der Waals surface area contributed by atoms with Gasteiger partial charge >= 0.3 is 0 Å². The minimum absolute atomic E-state index is 0.240. The van der Waals surface area contributed by atoms with Crippen LogP contribution in [0.5, 0.6) is 11.5 Å². The molecule has 0 unspecified atom stereocenters. The second kappa shape index (κ2) is 11.5. The van der Waals surface area contributed by atoms with Crippen molar-refractivity contribution in [2.45, 2.75) is 13.5 Å². The molecule has 1 fully saturated rings. The van der Waals surface area contributed by atoms with Crippen LogP contribution in [0.4, 0.5) is 5.69 Å². The number of halogens is 4. The number of nitrogens with zero attached hydrogens (tertiary/aromatic N) is 1. The topological polar surface area (TPSA) is 38.8 Å². The Hall–Kier alpha value is -1.74. The predicted octanol–water partition coefficient (Wildman–Crippen LogP) is 8.79. The highest BCUT2D eigenvalue weighted by Gasteiger charge is 2.33. The third-order valence-electron chi connectivity index (χ3n) is 4.88. The van der Waals surface area contributed by atoms with Gasteiger partial charge < -0.3 is 9.47 Å². The molecule has 3 aromatic carbocycles. The number of carbonyl (C=O) groups is 1. The first-order valence-electron chi connectivity index (χ1n) is 10.3. The summed E-state index contributed by atoms with van der Waals surface area (Å²) in [5, 5.41) is 1.42. The molecule has 0 radical (unpaired) electrons. The van der Waals surface area contributed by atoms with E-state index in [1.54, 1.807) is 24.3 Å². The number of carbonyl (C=O) groups excluding carboxylic acids is 1. The standard InChI is InChI=1S/C25H17BrCl3NO3S2/c1-2-32-21-10-15(9-18(26)23(21)33-13-14-3-5-16(27)6-4-14)11-22-24(31)30(25(34)35-22)17-7-8-19(28)20(29)12-17/h3-12H,2,13H2,1H3/b22-11-. The van der Waals surface area contributed by atoms with E-state index in [2.05, 4.69) is 15.9 Å². The molecule has 3 aromatic rings. The predicted molar refractivity (Wildman–Crippen MR) is 153 cm³/mol. The van der Waals surface area contributed by atoms with Crippen molar-refractivity contribution in [3.63, 3.8) is 0 Å². The molecule has 0 aromatic heterocycles. The van der Waals surface area contributed by atoms with Crippen molar-refractivity contribution in [2.75, 3.05) is 11.5 Å². The first-order valence-corrected chi connectivity index (χ1v) is 13.5. The molecule has 0 saturated carbocycles. The number of amides is 1. The lowest BCUT2D eigenvalue weighted by Crippen LogP contribution is -2.27. The molecule has 180 valence electrons. The van der Waals surface area contributed by atoms with E-state index in [1.165, 1.54) is 16.7 Å². The maximum Gasteiger partial charge on any atom is 0.270 e. The fourth-order valence-corrected chi connectivity index (χ4v) is 5.57. The second-order valence-corrected chi connectivity index (χ2v) is 11.1. The molecular weight excluding hydrogens is 613 g/mol. The van der Waals surface area contributed by atoms with Gasteiger partial charge in [-0.15, -0.1) is 0 Å². The van der Waals surface area contributed by atoms with Crippen molar-refractivity contribution in [1.82, 2.24) is 0 Å². The highest BCUT2D eigenvalue weighted by atomic mass is 79.9. The first kappa shape index (κ1) is 26.3. The van der Waals surface area contributed by atoms with Crippen LogP contribution >= 0.6 is 74.7 Å². The smallest absolute Gasteiger partial charge is 0.270 e. The Balaban J connectivity index is 1.60. The van der Waals surface area contributed by atoms with E-state index in [0.29, 0.717) is 59.2 Å². The van der Waals surface area contributed by atoms with Crippen LogP contribution in [0.2, 0.25) is 15.1 Å². The van der Waals surface area contributed by atoms with Crippen molar-refractivity contribution >= 4 is 96.7 Å². The van der Waals surface area contributed by atoms with Crippen molar-refractivity contribution in [3.05, 3.63) is 90.2 Å². The lowest BCUT2D eigenvalue weighted by Gasteiger charge is -2.15. The molecule has 4 rings (SSSR count). The molecule has 0 N–H and O–H groups in total. The summed E-state index contributed by atoms with van der Waals surface area (Å²) in [6.07, 6.45) is 1.77. The summed E-state index contributed by atoms with van der Waals surface area (Å²) in [5.41, 5.74) is 2.29. The third-order valence-corrected chi connectivity index (χ3v) is 7.76. The van der Waals surface area contributed by atoms with E-state index in [9.17, 15) is 4.79 Å². The van der Waals surface area contributed by atoms with Crippen molar-refractivity contribution in [3.8, 4) is 11.5 Å². The number of thiocarbonyl (C=S) groups is 1. The van der Waals surface area contributed by atoms with Gasteiger partial charge in [0.2, 0.25) is 0 Å². The van der Waals surface area contributed by atoms with Crippen molar-refractivity contribution < 1.29 is 14.3 Å². The van der Waals surface area contributed by atoms with Gasteiger partial charge in [0, 0.05) is 5.02 Å². The molecule has 0 aliphatic carbocycles. The summed E-state index contributed by atoms with van der Waals surface area (Å²) in [4.78, 5) is 15.1. The number of hydrogen-bond donors (Lipinski definition) is 0. The van der Waals surface area contributed by atoms with E-state index in [1.807, 2.05) is 43.3 Å². The quantitative estimate of drug-likeness (QED) is 0.193. The summed E-state index contributed by atoms with van der Waals surface area (Å²) in [7, 11) is 0. The number of hydrogen-bond acceptors (Lipinski definition) is 5. The van der Waals surface area contributed by atoms with Crippen LogP contribution < -0.4 is 14.4 Å². The molecule has 35 heavy (non-hydrogen) atoms. The summed E-state index contributed by atoms with van der Waals surface area (Å²) in [6.45, 7) is 2.69. The van der Waals surface area contributed by atoms with Gasteiger partial charge in [0.1, 0.15) is 6.61 Å². The number of thioether (sulfide) groups is 1. The van der Waals surface area contributed by atoms with Gasteiger partial charge in [-0.25, -0.2) is 0 Å². The van der Waals surface area contributed by atoms with Gasteiger partial charge in [-0.3, -0.25) is 9.69 Å². The van der Waals surface area contributed by atoms with E-state index >= 15 is 0 Å². The Morgan fingerprint density at radius 3 is 2.46 bits per heavy atom. The maximum absolute atomic E-state index is 13.2. The van der Waals surface area contributed by atoms with Crippen LogP contribution in [0.1, 0.15) is 18.1 Å². The zero-order chi connectivity index (χ0) is 25.1. The molecule has 4 nitrogen and oxygen atoms in total. The van der Waals surface area contributed by atoms with Gasteiger partial charge in [-0.05, 0) is 82.5 Å². The number of ether oxygens (including phenoxy) is 2. The largest absolute Gasteiger partial charge is 0.490 e. The summed E-state index contributed by atoms with van der Waals surface area (Å²) in [5.74, 6) is 0.889. The Bertz CT molecular complexity index is 1330. The molecule has 1 heterocycles. The normalized spacial score (nSPS) is 14.7. The molecule has 1 aliphatic rings. The van der Waals surface area contributed by atoms with Gasteiger partial charge in [0.05, 0.1) is 31.7 Å². The van der Waals surface area contributed by atoms with Gasteiger partial charge in [-0.1, -0.05) is 70.9 Å². The van der Waals surface area contributed by atoms with Crippen LogP contribution in [-0.4, -0.2) is 16.8 Å². The minimum atomic E-state index is -0.240. The first-order chi connectivity index (χ1) is 16.8. The van der Waals surface area contributed by atoms with Gasteiger partial charge in [0.25, 0.3) is 5.91 Å². The average Bonchev–Trinajstić information content (AvgIpc) is 3.09. The fraction of sp³-hybridized carbons (Fsp3) is 0.120. The Morgan fingerprint density at radius 2 is 1.77 bits per heavy atom. The van der Waals surface area contributed by atoms with Gasteiger partial charge in [-0.2, -0.15) is 0 Å². The number of rotatable bonds is 7. The van der Waals surface area contributed by atoms with Crippen molar-refractivity contribution in [1.29, 1.82) is 0 Å². The summed E-state index contributed by atoms with van der Waals surface area (Å²) in [6, 6.07) is 16.1. The number of anilines is 1. The van der Waals surface area contributed by atoms with Crippen LogP contribution in [0.25, 0.3) is 6.08 Å². The SMILES string of the molecule is CCOc1cc(/C=C2\SC(=S)N(c3ccc(Cl)c(Cl)c3)C2=O)cc(Br)c1OCc1ccc(Cl)cc1. The molecular formula is C25H17BrCl3NO3S2. The zero-order valence-electron chi connectivity index (χ0n) is 18.2. The Kier molecular flexibility index (Phi) is 8.68. The molecule has 0 bridgehead atoms. The lowest BCUT2D eigenvalue weighted by atomic mass is 10.1. The molecule has 1 aliphatic heterocycles. The molecule has 0 spiro atoms. The van der Waals surface area contributed by atoms with Crippen LogP contribution in [0.3, 0.4) is 0 Å². The molecule has 1 saturated heterocycles. The van der Waals surface area contributed by atoms with E-state index in [-0.39, 0.29) is 5.91 Å². The fourth-order valence-electron chi connectivity index (χ4n) is 3.28. The third kappa shape index (κ3) is 6.16. The van der Waals surface area contributed by atoms with Crippen LogP contribution in [-0.2, 0) is 11.4 Å². The monoisotopic (exact) mass is 627 g/mol. The van der Waals surface area contributed by atoms with Gasteiger partial charge in [0.15, 0.2) is 15.8 Å². The van der Waals surface area contributed by atoms with E-state index in [4.69, 9.17) is 56.5 Å².